The summed E-state index contributed by atoms with van der Waals surface area (Å²) in [4.78, 5) is 3.83. The summed E-state index contributed by atoms with van der Waals surface area (Å²) in [7, 11) is 0. The summed E-state index contributed by atoms with van der Waals surface area (Å²) in [5, 5.41) is 7.13. The predicted molar refractivity (Wildman–Crippen MR) is 41.3 cm³/mol. The summed E-state index contributed by atoms with van der Waals surface area (Å²) in [6.45, 7) is 3.83. The van der Waals surface area contributed by atoms with Gasteiger partial charge in [0.25, 0.3) is 0 Å². The molecule has 0 saturated carbocycles. The van der Waals surface area contributed by atoms with Crippen LogP contribution >= 0.6 is 0 Å². The second-order valence-corrected chi connectivity index (χ2v) is 1.64. The molecule has 2 heteroatoms. The van der Waals surface area contributed by atoms with Crippen molar-refractivity contribution in [1.29, 1.82) is 5.41 Å². The molecule has 0 aliphatic rings. The molecule has 0 aliphatic heterocycles. The van der Waals surface area contributed by atoms with Crippen molar-refractivity contribution in [2.24, 2.45) is 4.99 Å². The van der Waals surface area contributed by atoms with Gasteiger partial charge in [-0.1, -0.05) is 13.0 Å². The first-order valence-electron chi connectivity index (χ1n) is 3.03. The van der Waals surface area contributed by atoms with E-state index in [2.05, 4.69) is 4.99 Å². The number of nitrogens with zero attached hydrogens (tertiary/aromatic N) is 1. The van der Waals surface area contributed by atoms with Gasteiger partial charge in [-0.05, 0) is 13.3 Å². The summed E-state index contributed by atoms with van der Waals surface area (Å²) in [5.41, 5.74) is 0.563. The normalized spacial score (nSPS) is 11.3. The molecule has 0 radical (unpaired) electrons. The third-order valence-corrected chi connectivity index (χ3v) is 0.846. The van der Waals surface area contributed by atoms with Gasteiger partial charge in [-0.3, -0.25) is 4.99 Å². The van der Waals surface area contributed by atoms with Crippen molar-refractivity contribution in [3.05, 3.63) is 12.3 Å². The van der Waals surface area contributed by atoms with Gasteiger partial charge in [0.1, 0.15) is 0 Å². The number of aliphatic imine (C=N–C) groups is 1. The van der Waals surface area contributed by atoms with Crippen LogP contribution in [0.15, 0.2) is 17.3 Å². The first-order chi connectivity index (χ1) is 4.31. The van der Waals surface area contributed by atoms with Crippen LogP contribution in [-0.4, -0.2) is 11.9 Å². The van der Waals surface area contributed by atoms with Crippen LogP contribution in [0.3, 0.4) is 0 Å². The Bertz CT molecular complexity index is 134. The Morgan fingerprint density at radius 2 is 2.33 bits per heavy atom. The smallest absolute Gasteiger partial charge is 0.0493 e. The van der Waals surface area contributed by atoms with E-state index in [0.29, 0.717) is 5.71 Å². The molecular weight excluding hydrogens is 112 g/mol. The molecule has 0 aromatic rings. The minimum Gasteiger partial charge on any atom is -0.304 e. The van der Waals surface area contributed by atoms with Gasteiger partial charge in [0.2, 0.25) is 0 Å². The summed E-state index contributed by atoms with van der Waals surface area (Å²) in [6.07, 6.45) is 5.81. The van der Waals surface area contributed by atoms with Gasteiger partial charge in [-0.2, -0.15) is 0 Å². The van der Waals surface area contributed by atoms with Crippen molar-refractivity contribution >= 4 is 11.9 Å². The SMILES string of the molecule is C/C=C\N=CC(=N)CC. The van der Waals surface area contributed by atoms with E-state index < -0.39 is 0 Å². The van der Waals surface area contributed by atoms with Crippen molar-refractivity contribution in [1.82, 2.24) is 0 Å². The number of hydrogen-bond acceptors (Lipinski definition) is 2. The lowest BCUT2D eigenvalue weighted by Gasteiger charge is -1.83. The van der Waals surface area contributed by atoms with Crippen LogP contribution in [0.25, 0.3) is 0 Å². The summed E-state index contributed by atoms with van der Waals surface area (Å²) in [5.74, 6) is 0. The molecule has 0 unspecified atom stereocenters. The van der Waals surface area contributed by atoms with Gasteiger partial charge < -0.3 is 5.41 Å². The Morgan fingerprint density at radius 1 is 1.67 bits per heavy atom. The third-order valence-electron chi connectivity index (χ3n) is 0.846. The molecule has 0 saturated heterocycles. The Labute approximate surface area is 55.8 Å². The highest BCUT2D eigenvalue weighted by molar-refractivity contribution is 6.29. The van der Waals surface area contributed by atoms with Gasteiger partial charge in [0.05, 0.1) is 0 Å². The third kappa shape index (κ3) is 4.94. The van der Waals surface area contributed by atoms with E-state index in [1.54, 1.807) is 12.4 Å². The van der Waals surface area contributed by atoms with Gasteiger partial charge in [-0.25, -0.2) is 0 Å². The first-order valence-corrected chi connectivity index (χ1v) is 3.03. The lowest BCUT2D eigenvalue weighted by Crippen LogP contribution is -1.92. The van der Waals surface area contributed by atoms with E-state index in [4.69, 9.17) is 5.41 Å². The molecule has 0 fully saturated rings. The van der Waals surface area contributed by atoms with Crippen LogP contribution in [0.4, 0.5) is 0 Å². The van der Waals surface area contributed by atoms with E-state index in [9.17, 15) is 0 Å². The van der Waals surface area contributed by atoms with Gasteiger partial charge >= 0.3 is 0 Å². The number of rotatable bonds is 3. The van der Waals surface area contributed by atoms with Crippen LogP contribution in [0.5, 0.6) is 0 Å². The molecule has 0 heterocycles. The monoisotopic (exact) mass is 124 g/mol. The molecule has 0 rings (SSSR count). The lowest BCUT2D eigenvalue weighted by molar-refractivity contribution is 1.27. The molecule has 9 heavy (non-hydrogen) atoms. The highest BCUT2D eigenvalue weighted by Crippen LogP contribution is 1.77. The maximum Gasteiger partial charge on any atom is 0.0493 e. The van der Waals surface area contributed by atoms with Crippen molar-refractivity contribution in [3.8, 4) is 0 Å². The Kier molecular flexibility index (Phi) is 4.69. The molecule has 0 aromatic carbocycles. The molecule has 50 valence electrons. The van der Waals surface area contributed by atoms with Crippen LogP contribution in [0.1, 0.15) is 20.3 Å². The van der Waals surface area contributed by atoms with E-state index in [1.807, 2.05) is 19.9 Å². The Hall–Kier alpha value is -0.920. The fourth-order valence-corrected chi connectivity index (χ4v) is 0.310. The van der Waals surface area contributed by atoms with Crippen LogP contribution in [-0.2, 0) is 0 Å². The van der Waals surface area contributed by atoms with Gasteiger partial charge in [-0.15, -0.1) is 0 Å². The van der Waals surface area contributed by atoms with Crippen LogP contribution in [0, 0.1) is 5.41 Å². The highest BCUT2D eigenvalue weighted by Gasteiger charge is 1.80. The highest BCUT2D eigenvalue weighted by atomic mass is 14.7. The zero-order valence-corrected chi connectivity index (χ0v) is 5.89. The second kappa shape index (κ2) is 5.22. The molecule has 0 spiro atoms. The van der Waals surface area contributed by atoms with Crippen molar-refractivity contribution in [2.45, 2.75) is 20.3 Å². The van der Waals surface area contributed by atoms with Gasteiger partial charge in [0.15, 0.2) is 0 Å². The zero-order chi connectivity index (χ0) is 7.11. The van der Waals surface area contributed by atoms with E-state index >= 15 is 0 Å². The van der Waals surface area contributed by atoms with Gasteiger partial charge in [0, 0.05) is 18.1 Å². The number of nitrogens with one attached hydrogen (secondary N) is 1. The largest absolute Gasteiger partial charge is 0.304 e. The Balaban J connectivity index is 3.57. The first kappa shape index (κ1) is 8.08. The molecule has 0 aromatic heterocycles. The average molecular weight is 124 g/mol. The molecular formula is C7H12N2. The molecule has 2 nitrogen and oxygen atoms in total. The summed E-state index contributed by atoms with van der Waals surface area (Å²) < 4.78 is 0. The fraction of sp³-hybridized carbons (Fsp3) is 0.429. The quantitative estimate of drug-likeness (QED) is 0.559. The molecule has 0 bridgehead atoms. The van der Waals surface area contributed by atoms with Crippen LogP contribution in [0.2, 0.25) is 0 Å². The molecule has 1 N–H and O–H groups in total. The van der Waals surface area contributed by atoms with E-state index in [-0.39, 0.29) is 0 Å². The van der Waals surface area contributed by atoms with E-state index in [0.717, 1.165) is 6.42 Å². The Morgan fingerprint density at radius 3 is 2.78 bits per heavy atom. The van der Waals surface area contributed by atoms with Crippen molar-refractivity contribution in [3.63, 3.8) is 0 Å². The zero-order valence-electron chi connectivity index (χ0n) is 5.89. The predicted octanol–water partition coefficient (Wildman–Crippen LogP) is 2.02. The summed E-state index contributed by atoms with van der Waals surface area (Å²) in [6, 6.07) is 0. The maximum absolute atomic E-state index is 7.13. The average Bonchev–Trinajstić information content (AvgIpc) is 1.89. The van der Waals surface area contributed by atoms with Crippen molar-refractivity contribution in [2.75, 3.05) is 0 Å². The lowest BCUT2D eigenvalue weighted by atomic mass is 10.3. The minimum absolute atomic E-state index is 0.563. The molecule has 0 amide bonds. The molecule has 0 atom stereocenters. The number of hydrogen-bond donors (Lipinski definition) is 1. The second-order valence-electron chi connectivity index (χ2n) is 1.64. The summed E-state index contributed by atoms with van der Waals surface area (Å²) >= 11 is 0. The van der Waals surface area contributed by atoms with E-state index in [1.165, 1.54) is 0 Å². The van der Waals surface area contributed by atoms with Crippen LogP contribution < -0.4 is 0 Å². The van der Waals surface area contributed by atoms with Crippen molar-refractivity contribution < 1.29 is 0 Å². The topological polar surface area (TPSA) is 36.2 Å². The number of allylic oxidation sites excluding steroid dienone is 1. The minimum atomic E-state index is 0.563. The maximum atomic E-state index is 7.13. The fourth-order valence-electron chi connectivity index (χ4n) is 0.310. The molecule has 0 aliphatic carbocycles. The standard InChI is InChI=1S/C7H12N2/c1-3-5-9-6-7(8)4-2/h3,5-6,8H,4H2,1-2H3/b5-3-,8-7?,9-6?.